The highest BCUT2D eigenvalue weighted by Gasteiger charge is 2.51. The number of aromatic amines is 1. The van der Waals surface area contributed by atoms with Gasteiger partial charge in [-0.1, -0.05) is 0 Å². The Balaban J connectivity index is 1.18. The second-order valence-electron chi connectivity index (χ2n) is 9.90. The van der Waals surface area contributed by atoms with E-state index in [1.165, 1.54) is 10.4 Å². The molecule has 3 aromatic heterocycles. The molecule has 1 amide bonds. The summed E-state index contributed by atoms with van der Waals surface area (Å²) in [6.45, 7) is 5.83. The molecule has 9 nitrogen and oxygen atoms in total. The van der Waals surface area contributed by atoms with E-state index >= 15 is 0 Å². The summed E-state index contributed by atoms with van der Waals surface area (Å²) in [5.41, 5.74) is 3.29. The number of thiophene rings is 1. The van der Waals surface area contributed by atoms with E-state index in [0.29, 0.717) is 12.5 Å². The fourth-order valence-corrected chi connectivity index (χ4v) is 6.91. The van der Waals surface area contributed by atoms with Crippen LogP contribution in [0.2, 0.25) is 0 Å². The van der Waals surface area contributed by atoms with Crippen LogP contribution >= 0.6 is 11.3 Å². The lowest BCUT2D eigenvalue weighted by molar-refractivity contribution is -0.197. The molecule has 4 aromatic rings. The number of fused-ring (bicyclic) bond motifs is 4. The van der Waals surface area contributed by atoms with Gasteiger partial charge in [0.25, 0.3) is 0 Å². The number of hydrogen-bond donors (Lipinski definition) is 2. The molecule has 0 saturated carbocycles. The third-order valence-corrected chi connectivity index (χ3v) is 8.63. The number of carbonyl (C=O) groups is 1. The van der Waals surface area contributed by atoms with Gasteiger partial charge in [-0.25, -0.2) is 9.97 Å². The van der Waals surface area contributed by atoms with Gasteiger partial charge in [-0.3, -0.25) is 9.89 Å². The Hall–Kier alpha value is -3.24. The van der Waals surface area contributed by atoms with Crippen molar-refractivity contribution in [2.24, 2.45) is 11.3 Å². The van der Waals surface area contributed by atoms with Crippen molar-refractivity contribution in [2.45, 2.75) is 26.2 Å². The van der Waals surface area contributed by atoms with Crippen LogP contribution in [0.1, 0.15) is 23.8 Å². The lowest BCUT2D eigenvalue weighted by atomic mass is 9.76. The van der Waals surface area contributed by atoms with E-state index in [-0.39, 0.29) is 11.3 Å². The first-order chi connectivity index (χ1) is 17.1. The third-order valence-electron chi connectivity index (χ3n) is 7.47. The summed E-state index contributed by atoms with van der Waals surface area (Å²) in [5.74, 6) is 1.86. The predicted octanol–water partition coefficient (Wildman–Crippen LogP) is 3.67. The molecular weight excluding hydrogens is 464 g/mol. The number of hydrogen-bond acceptors (Lipinski definition) is 8. The maximum atomic E-state index is 13.2. The number of H-pyrrole nitrogens is 1. The minimum Gasteiger partial charge on any atom is -0.492 e. The van der Waals surface area contributed by atoms with Gasteiger partial charge >= 0.3 is 0 Å². The van der Waals surface area contributed by atoms with Crippen molar-refractivity contribution in [3.63, 3.8) is 0 Å². The van der Waals surface area contributed by atoms with Crippen LogP contribution in [-0.2, 0) is 22.4 Å². The van der Waals surface area contributed by atoms with Gasteiger partial charge in [0.2, 0.25) is 5.91 Å². The molecule has 1 aromatic carbocycles. The maximum Gasteiger partial charge on any atom is 0.226 e. The van der Waals surface area contributed by atoms with Gasteiger partial charge in [0, 0.05) is 35.3 Å². The number of benzene rings is 1. The number of nitrogens with one attached hydrogen (secondary N) is 2. The highest BCUT2D eigenvalue weighted by atomic mass is 32.1. The zero-order valence-electron chi connectivity index (χ0n) is 19.5. The molecule has 2 fully saturated rings. The standard InChI is InChI=1S/C25H26N6O3S/c1-2-34-19-7-17-15(8-28-30-17)5-18(19)29-22-21-16-4-3-14(6-20(16)35-23(21)27-13-26-22)24(32)31-9-25(10-31)11-33-12-25/h5,7-8,13-14H,2-4,6,9-12H2,1H3,(H,28,30)(H,26,27,29). The highest BCUT2D eigenvalue weighted by Crippen LogP contribution is 2.43. The molecule has 10 heteroatoms. The number of amides is 1. The SMILES string of the molecule is CCOc1cc2[nH]ncc2cc1Nc1ncnc2sc3c(c12)CCC(C(=O)N1CC2(COC2)C1)C3. The molecule has 1 spiro atoms. The molecule has 2 saturated heterocycles. The zero-order chi connectivity index (χ0) is 23.6. The quantitative estimate of drug-likeness (QED) is 0.440. The first kappa shape index (κ1) is 21.1. The number of aromatic nitrogens is 4. The largest absolute Gasteiger partial charge is 0.492 e. The first-order valence-corrected chi connectivity index (χ1v) is 12.9. The van der Waals surface area contributed by atoms with Crippen molar-refractivity contribution in [1.29, 1.82) is 0 Å². The Morgan fingerprint density at radius 1 is 1.34 bits per heavy atom. The van der Waals surface area contributed by atoms with Crippen molar-refractivity contribution in [2.75, 3.05) is 38.2 Å². The molecule has 7 rings (SSSR count). The Morgan fingerprint density at radius 2 is 2.23 bits per heavy atom. The van der Waals surface area contributed by atoms with E-state index in [0.717, 1.165) is 83.9 Å². The van der Waals surface area contributed by atoms with Crippen LogP contribution in [0, 0.1) is 11.3 Å². The van der Waals surface area contributed by atoms with E-state index in [9.17, 15) is 4.79 Å². The second-order valence-corrected chi connectivity index (χ2v) is 11.0. The van der Waals surface area contributed by atoms with Crippen LogP contribution in [0.5, 0.6) is 5.75 Å². The van der Waals surface area contributed by atoms with Gasteiger partial charge in [-0.15, -0.1) is 11.3 Å². The number of nitrogens with zero attached hydrogens (tertiary/aromatic N) is 4. The molecule has 3 aliphatic rings. The van der Waals surface area contributed by atoms with Gasteiger partial charge in [0.05, 0.1) is 48.0 Å². The molecule has 0 radical (unpaired) electrons. The molecule has 180 valence electrons. The van der Waals surface area contributed by atoms with Crippen LogP contribution in [0.4, 0.5) is 11.5 Å². The fourth-order valence-electron chi connectivity index (χ4n) is 5.64. The highest BCUT2D eigenvalue weighted by molar-refractivity contribution is 7.19. The van der Waals surface area contributed by atoms with Crippen LogP contribution in [0.3, 0.4) is 0 Å². The molecule has 1 unspecified atom stereocenters. The Bertz CT molecular complexity index is 1450. The third kappa shape index (κ3) is 3.38. The van der Waals surface area contributed by atoms with Crippen LogP contribution < -0.4 is 10.1 Å². The van der Waals surface area contributed by atoms with Crippen molar-refractivity contribution in [3.05, 3.63) is 35.1 Å². The number of likely N-dealkylation sites (tertiary alicyclic amines) is 1. The van der Waals surface area contributed by atoms with Crippen LogP contribution in [0.25, 0.3) is 21.1 Å². The average Bonchev–Trinajstić information content (AvgIpc) is 3.41. The number of anilines is 2. The van der Waals surface area contributed by atoms with Crippen LogP contribution in [-0.4, -0.2) is 63.9 Å². The summed E-state index contributed by atoms with van der Waals surface area (Å²) in [7, 11) is 0. The maximum absolute atomic E-state index is 13.2. The molecule has 35 heavy (non-hydrogen) atoms. The minimum absolute atomic E-state index is 0.0475. The van der Waals surface area contributed by atoms with E-state index in [1.807, 2.05) is 24.0 Å². The molecule has 1 aliphatic carbocycles. The summed E-state index contributed by atoms with van der Waals surface area (Å²) in [6.07, 6.45) is 5.89. The summed E-state index contributed by atoms with van der Waals surface area (Å²) in [6, 6.07) is 3.99. The van der Waals surface area contributed by atoms with E-state index in [2.05, 4.69) is 25.5 Å². The number of aryl methyl sites for hydroxylation is 1. The summed E-state index contributed by atoms with van der Waals surface area (Å²) >= 11 is 1.69. The number of ether oxygens (including phenoxy) is 2. The lowest BCUT2D eigenvalue weighted by Crippen LogP contribution is -2.68. The average molecular weight is 491 g/mol. The van der Waals surface area contributed by atoms with Gasteiger partial charge < -0.3 is 19.7 Å². The predicted molar refractivity (Wildman–Crippen MR) is 133 cm³/mol. The van der Waals surface area contributed by atoms with Crippen molar-refractivity contribution >= 4 is 49.9 Å². The zero-order valence-corrected chi connectivity index (χ0v) is 20.3. The fraction of sp³-hybridized carbons (Fsp3) is 0.440. The second kappa shape index (κ2) is 7.89. The van der Waals surface area contributed by atoms with E-state index in [1.54, 1.807) is 23.9 Å². The summed E-state index contributed by atoms with van der Waals surface area (Å²) in [5, 5.41) is 12.7. The first-order valence-electron chi connectivity index (χ1n) is 12.1. The van der Waals surface area contributed by atoms with Crippen molar-refractivity contribution < 1.29 is 14.3 Å². The molecule has 0 bridgehead atoms. The molecule has 2 aliphatic heterocycles. The van der Waals surface area contributed by atoms with Gasteiger partial charge in [0.15, 0.2) is 0 Å². The van der Waals surface area contributed by atoms with Crippen molar-refractivity contribution in [3.8, 4) is 5.75 Å². The van der Waals surface area contributed by atoms with E-state index in [4.69, 9.17) is 9.47 Å². The van der Waals surface area contributed by atoms with Crippen molar-refractivity contribution in [1.82, 2.24) is 25.1 Å². The Morgan fingerprint density at radius 3 is 3.03 bits per heavy atom. The molecular formula is C25H26N6O3S. The topological polar surface area (TPSA) is 105 Å². The number of rotatable bonds is 5. The van der Waals surface area contributed by atoms with Gasteiger partial charge in [-0.05, 0) is 37.8 Å². The summed E-state index contributed by atoms with van der Waals surface area (Å²) < 4.78 is 11.3. The van der Waals surface area contributed by atoms with Gasteiger partial charge in [0.1, 0.15) is 22.7 Å². The minimum atomic E-state index is 0.0475. The molecule has 5 heterocycles. The van der Waals surface area contributed by atoms with Crippen LogP contribution in [0.15, 0.2) is 24.7 Å². The van der Waals surface area contributed by atoms with E-state index < -0.39 is 0 Å². The molecule has 1 atom stereocenters. The smallest absolute Gasteiger partial charge is 0.226 e. The number of carbonyl (C=O) groups excluding carboxylic acids is 1. The van der Waals surface area contributed by atoms with Gasteiger partial charge in [-0.2, -0.15) is 5.10 Å². The Kier molecular flexibility index (Phi) is 4.75. The normalized spacial score (nSPS) is 20.5. The Labute approximate surface area is 205 Å². The lowest BCUT2D eigenvalue weighted by Gasteiger charge is -2.55. The summed E-state index contributed by atoms with van der Waals surface area (Å²) in [4.78, 5) is 26.6. The molecule has 2 N–H and O–H groups in total. The monoisotopic (exact) mass is 490 g/mol.